The molecule has 0 amide bonds. The minimum Gasteiger partial charge on any atom is -0.473 e. The molecule has 0 aliphatic carbocycles. The number of carbonyl (C=O) groups excluding carboxylic acids is 3. The Balaban J connectivity index is 1.92. The lowest BCUT2D eigenvalue weighted by atomic mass is 10.1. The first kappa shape index (κ1) is 23.5. The molecule has 0 bridgehead atoms. The van der Waals surface area contributed by atoms with Crippen LogP contribution in [0.4, 0.5) is 4.39 Å². The molecule has 1 aliphatic heterocycles. The van der Waals surface area contributed by atoms with E-state index in [1.165, 1.54) is 44.7 Å². The Morgan fingerprint density at radius 3 is 2.19 bits per heavy atom. The van der Waals surface area contributed by atoms with Gasteiger partial charge in [-0.2, -0.15) is 0 Å². The Morgan fingerprint density at radius 2 is 1.56 bits per heavy atom. The number of thioether (sulfide) groups is 1. The fourth-order valence-corrected chi connectivity index (χ4v) is 4.45. The maximum absolute atomic E-state index is 13.3. The summed E-state index contributed by atoms with van der Waals surface area (Å²) >= 11 is 1.24. The van der Waals surface area contributed by atoms with E-state index < -0.39 is 41.7 Å². The van der Waals surface area contributed by atoms with Crippen LogP contribution >= 0.6 is 11.8 Å². The number of halogens is 1. The molecule has 0 unspecified atom stereocenters. The van der Waals surface area contributed by atoms with Gasteiger partial charge in [-0.1, -0.05) is 0 Å². The van der Waals surface area contributed by atoms with Gasteiger partial charge < -0.3 is 18.9 Å². The van der Waals surface area contributed by atoms with Gasteiger partial charge in [-0.05, 0) is 36.4 Å². The average Bonchev–Trinajstić information content (AvgIpc) is 2.72. The molecule has 2 aromatic rings. The van der Waals surface area contributed by atoms with Crippen LogP contribution in [0.25, 0.3) is 11.3 Å². The van der Waals surface area contributed by atoms with E-state index in [1.54, 1.807) is 30.5 Å². The molecule has 170 valence electrons. The second kappa shape index (κ2) is 10.4. The Kier molecular flexibility index (Phi) is 7.68. The Bertz CT molecular complexity index is 984. The summed E-state index contributed by atoms with van der Waals surface area (Å²) in [5.74, 6) is -1.57. The summed E-state index contributed by atoms with van der Waals surface area (Å²) in [6.07, 6.45) is -1.36. The van der Waals surface area contributed by atoms with Gasteiger partial charge in [0, 0.05) is 38.3 Å². The van der Waals surface area contributed by atoms with Crippen molar-refractivity contribution in [1.29, 1.82) is 0 Å². The number of ether oxygens (including phenoxy) is 4. The van der Waals surface area contributed by atoms with E-state index in [1.807, 2.05) is 0 Å². The molecule has 1 saturated heterocycles. The molecule has 1 aromatic heterocycles. The lowest BCUT2D eigenvalue weighted by Gasteiger charge is -2.40. The van der Waals surface area contributed by atoms with Gasteiger partial charge in [0.2, 0.25) is 0 Å². The fourth-order valence-electron chi connectivity index (χ4n) is 3.25. The van der Waals surface area contributed by atoms with Crippen molar-refractivity contribution >= 4 is 29.7 Å². The number of rotatable bonds is 6. The van der Waals surface area contributed by atoms with Crippen molar-refractivity contribution in [2.75, 3.05) is 5.75 Å². The summed E-state index contributed by atoms with van der Waals surface area (Å²) in [5.41, 5.74) is 0.292. The lowest BCUT2D eigenvalue weighted by Crippen LogP contribution is -2.55. The Morgan fingerprint density at radius 1 is 0.938 bits per heavy atom. The van der Waals surface area contributed by atoms with Crippen molar-refractivity contribution in [2.24, 2.45) is 0 Å². The molecule has 1 aliphatic rings. The van der Waals surface area contributed by atoms with E-state index in [4.69, 9.17) is 18.9 Å². The lowest BCUT2D eigenvalue weighted by molar-refractivity contribution is -0.186. The Labute approximate surface area is 188 Å². The van der Waals surface area contributed by atoms with Gasteiger partial charge in [0.1, 0.15) is 17.3 Å². The molecule has 32 heavy (non-hydrogen) atoms. The second-order valence-corrected chi connectivity index (χ2v) is 8.10. The zero-order valence-corrected chi connectivity index (χ0v) is 18.5. The predicted molar refractivity (Wildman–Crippen MR) is 113 cm³/mol. The number of nitrogens with zero attached hydrogens (tertiary/aromatic N) is 1. The second-order valence-electron chi connectivity index (χ2n) is 6.97. The number of esters is 3. The molecule has 0 saturated carbocycles. The summed E-state index contributed by atoms with van der Waals surface area (Å²) in [4.78, 5) is 39.4. The topological polar surface area (TPSA) is 101 Å². The minimum absolute atomic E-state index is 0.242. The first-order chi connectivity index (χ1) is 15.2. The van der Waals surface area contributed by atoms with E-state index in [0.717, 1.165) is 0 Å². The zero-order chi connectivity index (χ0) is 23.3. The zero-order valence-electron chi connectivity index (χ0n) is 17.6. The van der Waals surface area contributed by atoms with Crippen LogP contribution in [-0.4, -0.2) is 52.4 Å². The largest absolute Gasteiger partial charge is 0.473 e. The van der Waals surface area contributed by atoms with E-state index in [-0.39, 0.29) is 11.6 Å². The molecule has 2 heterocycles. The summed E-state index contributed by atoms with van der Waals surface area (Å²) in [7, 11) is 0. The third-order valence-electron chi connectivity index (χ3n) is 4.44. The normalized spacial score (nSPS) is 22.5. The first-order valence-electron chi connectivity index (χ1n) is 9.75. The van der Waals surface area contributed by atoms with Crippen molar-refractivity contribution < 1.29 is 37.7 Å². The van der Waals surface area contributed by atoms with Crippen molar-refractivity contribution in [2.45, 2.75) is 44.5 Å². The van der Waals surface area contributed by atoms with Crippen LogP contribution in [0, 0.1) is 5.82 Å². The quantitative estimate of drug-likeness (QED) is 0.472. The monoisotopic (exact) mass is 463 g/mol. The third-order valence-corrected chi connectivity index (χ3v) is 5.65. The average molecular weight is 463 g/mol. The van der Waals surface area contributed by atoms with Crippen LogP contribution in [0.1, 0.15) is 20.8 Å². The molecule has 1 aromatic carbocycles. The third kappa shape index (κ3) is 5.97. The van der Waals surface area contributed by atoms with Gasteiger partial charge in [0.15, 0.2) is 23.7 Å². The molecule has 1 fully saturated rings. The Hall–Kier alpha value is -3.14. The van der Waals surface area contributed by atoms with E-state index in [9.17, 15) is 18.8 Å². The molecule has 3 rings (SSSR count). The maximum atomic E-state index is 13.3. The van der Waals surface area contributed by atoms with E-state index >= 15 is 0 Å². The number of hydrogen-bond donors (Lipinski definition) is 0. The number of aromatic nitrogens is 1. The molecular formula is C22H22FNO7S. The number of carbonyl (C=O) groups is 3. The molecule has 0 spiro atoms. The first-order valence-corrected chi connectivity index (χ1v) is 10.8. The van der Waals surface area contributed by atoms with Crippen molar-refractivity contribution in [3.63, 3.8) is 0 Å². The van der Waals surface area contributed by atoms with Crippen molar-refractivity contribution in [3.8, 4) is 17.0 Å². The van der Waals surface area contributed by atoms with Gasteiger partial charge >= 0.3 is 17.9 Å². The standard InChI is InChI=1S/C22H22FNO7S/c1-12(25)28-18-11-32-22(21(30-14(3)27)20(18)29-13(2)26)31-17-5-4-10-24-19(17)15-6-8-16(23)9-7-15/h4-10,18,20-22H,11H2,1-3H3/t18-,20+,21-,22-/m1/s1. The molecule has 10 heteroatoms. The van der Waals surface area contributed by atoms with Crippen LogP contribution in [0.2, 0.25) is 0 Å². The van der Waals surface area contributed by atoms with Crippen LogP contribution < -0.4 is 4.74 Å². The molecule has 8 nitrogen and oxygen atoms in total. The van der Waals surface area contributed by atoms with Crippen LogP contribution in [0.5, 0.6) is 5.75 Å². The summed E-state index contributed by atoms with van der Waals surface area (Å²) < 4.78 is 35.6. The number of pyridine rings is 1. The van der Waals surface area contributed by atoms with Gasteiger partial charge in [0.05, 0.1) is 0 Å². The van der Waals surface area contributed by atoms with Gasteiger partial charge in [0.25, 0.3) is 0 Å². The highest BCUT2D eigenvalue weighted by atomic mass is 32.2. The van der Waals surface area contributed by atoms with Gasteiger partial charge in [-0.3, -0.25) is 19.4 Å². The maximum Gasteiger partial charge on any atom is 0.303 e. The van der Waals surface area contributed by atoms with Gasteiger partial charge in [-0.15, -0.1) is 11.8 Å². The molecule has 4 atom stereocenters. The summed E-state index contributed by atoms with van der Waals surface area (Å²) in [5, 5.41) is 0. The molecule has 0 N–H and O–H groups in total. The van der Waals surface area contributed by atoms with Crippen molar-refractivity contribution in [3.05, 3.63) is 48.4 Å². The predicted octanol–water partition coefficient (Wildman–Crippen LogP) is 3.13. The molecule has 0 radical (unpaired) electrons. The van der Waals surface area contributed by atoms with Crippen LogP contribution in [0.3, 0.4) is 0 Å². The van der Waals surface area contributed by atoms with Crippen molar-refractivity contribution in [1.82, 2.24) is 4.98 Å². The number of hydrogen-bond acceptors (Lipinski definition) is 9. The van der Waals surface area contributed by atoms with E-state index in [2.05, 4.69) is 4.98 Å². The SMILES string of the molecule is CC(=O)O[C@@H]1[C@@H](OC(C)=O)[C@H](OC(C)=O)CS[C@H]1Oc1cccnc1-c1ccc(F)cc1. The highest BCUT2D eigenvalue weighted by Crippen LogP contribution is 2.36. The minimum atomic E-state index is -1.06. The highest BCUT2D eigenvalue weighted by Gasteiger charge is 2.47. The van der Waals surface area contributed by atoms with E-state index in [0.29, 0.717) is 17.0 Å². The number of benzene rings is 1. The summed E-state index contributed by atoms with van der Waals surface area (Å²) in [6, 6.07) is 9.11. The highest BCUT2D eigenvalue weighted by molar-refractivity contribution is 7.99. The van der Waals surface area contributed by atoms with Crippen LogP contribution in [0.15, 0.2) is 42.6 Å². The molecular weight excluding hydrogens is 441 g/mol. The fraction of sp³-hybridized carbons (Fsp3) is 0.364. The van der Waals surface area contributed by atoms with Crippen LogP contribution in [-0.2, 0) is 28.6 Å². The summed E-state index contributed by atoms with van der Waals surface area (Å²) in [6.45, 7) is 3.67. The smallest absolute Gasteiger partial charge is 0.303 e. The van der Waals surface area contributed by atoms with Gasteiger partial charge in [-0.25, -0.2) is 4.39 Å².